The topological polar surface area (TPSA) is 55.1 Å². The van der Waals surface area contributed by atoms with Gasteiger partial charge >= 0.3 is 5.97 Å². The van der Waals surface area contributed by atoms with Crippen LogP contribution in [0.2, 0.25) is 0 Å². The van der Waals surface area contributed by atoms with Gasteiger partial charge in [0.2, 0.25) is 0 Å². The van der Waals surface area contributed by atoms with E-state index in [0.717, 1.165) is 6.07 Å². The lowest BCUT2D eigenvalue weighted by Crippen LogP contribution is -1.98. The van der Waals surface area contributed by atoms with Crippen LogP contribution in [0.15, 0.2) is 36.7 Å². The van der Waals surface area contributed by atoms with Crippen LogP contribution in [0, 0.1) is 5.82 Å². The largest absolute Gasteiger partial charge is 0.478 e. The number of fused-ring (bicyclic) bond motifs is 1. The molecule has 90 valence electrons. The summed E-state index contributed by atoms with van der Waals surface area (Å²) in [6.07, 6.45) is 3.60. The molecule has 4 nitrogen and oxygen atoms in total. The Labute approximate surface area is 105 Å². The average Bonchev–Trinajstić information content (AvgIpc) is 2.95. The van der Waals surface area contributed by atoms with Crippen LogP contribution < -0.4 is 0 Å². The lowest BCUT2D eigenvalue weighted by Gasteiger charge is -1.96. The maximum atomic E-state index is 13.3. The van der Waals surface area contributed by atoms with E-state index in [1.54, 1.807) is 17.0 Å². The van der Waals surface area contributed by atoms with Gasteiger partial charge in [0, 0.05) is 12.4 Å². The van der Waals surface area contributed by atoms with Gasteiger partial charge in [0.1, 0.15) is 5.82 Å². The van der Waals surface area contributed by atoms with E-state index < -0.39 is 11.8 Å². The van der Waals surface area contributed by atoms with Crippen LogP contribution in [-0.4, -0.2) is 20.6 Å². The highest BCUT2D eigenvalue weighted by molar-refractivity contribution is 7.20. The van der Waals surface area contributed by atoms with Crippen molar-refractivity contribution in [1.29, 1.82) is 0 Å². The number of aromatic nitrogens is 2. The molecular formula is C12H7FN2O2S. The van der Waals surface area contributed by atoms with Crippen molar-refractivity contribution in [2.45, 2.75) is 0 Å². The summed E-state index contributed by atoms with van der Waals surface area (Å²) in [4.78, 5) is 15.3. The minimum absolute atomic E-state index is 0.111. The molecule has 0 amide bonds. The Bertz CT molecular complexity index is 734. The number of carboxylic acid groups (broad SMARTS) is 1. The van der Waals surface area contributed by atoms with E-state index in [4.69, 9.17) is 5.11 Å². The van der Waals surface area contributed by atoms with E-state index >= 15 is 0 Å². The molecule has 0 bridgehead atoms. The van der Waals surface area contributed by atoms with Gasteiger partial charge in [-0.05, 0) is 24.3 Å². The third-order valence-electron chi connectivity index (χ3n) is 2.50. The molecule has 3 aromatic rings. The summed E-state index contributed by atoms with van der Waals surface area (Å²) in [5.41, 5.74) is 0.206. The summed E-state index contributed by atoms with van der Waals surface area (Å²) in [5, 5.41) is 9.65. The number of rotatable bonds is 2. The first-order valence-electron chi connectivity index (χ1n) is 5.12. The van der Waals surface area contributed by atoms with E-state index in [1.165, 1.54) is 17.4 Å². The molecule has 0 spiro atoms. The van der Waals surface area contributed by atoms with Crippen LogP contribution in [-0.2, 0) is 0 Å². The van der Waals surface area contributed by atoms with Crippen molar-refractivity contribution in [1.82, 2.24) is 9.55 Å². The normalized spacial score (nSPS) is 10.9. The fourth-order valence-corrected chi connectivity index (χ4v) is 2.70. The van der Waals surface area contributed by atoms with Gasteiger partial charge in [-0.15, -0.1) is 0 Å². The molecule has 0 aliphatic heterocycles. The summed E-state index contributed by atoms with van der Waals surface area (Å²) >= 11 is 1.25. The van der Waals surface area contributed by atoms with E-state index in [0.29, 0.717) is 15.3 Å². The lowest BCUT2D eigenvalue weighted by atomic mass is 10.2. The van der Waals surface area contributed by atoms with Crippen LogP contribution in [0.25, 0.3) is 15.3 Å². The number of thiazole rings is 1. The van der Waals surface area contributed by atoms with E-state index in [2.05, 4.69) is 4.98 Å². The molecule has 0 saturated carbocycles. The molecule has 0 fully saturated rings. The minimum Gasteiger partial charge on any atom is -0.478 e. The van der Waals surface area contributed by atoms with Gasteiger partial charge in [-0.1, -0.05) is 11.3 Å². The van der Waals surface area contributed by atoms with Crippen LogP contribution in [0.4, 0.5) is 4.39 Å². The van der Waals surface area contributed by atoms with Gasteiger partial charge < -0.3 is 9.67 Å². The van der Waals surface area contributed by atoms with E-state index in [-0.39, 0.29) is 5.56 Å². The molecule has 1 N–H and O–H groups in total. The highest BCUT2D eigenvalue weighted by atomic mass is 32.1. The highest BCUT2D eigenvalue weighted by Gasteiger charge is 2.15. The SMILES string of the molecule is O=C(O)c1cc(F)cc2sc(-n3cccc3)nc12. The first-order chi connectivity index (χ1) is 8.65. The van der Waals surface area contributed by atoms with Gasteiger partial charge in [0.05, 0.1) is 15.8 Å². The second-order valence-corrected chi connectivity index (χ2v) is 4.70. The van der Waals surface area contributed by atoms with Crippen LogP contribution in [0.5, 0.6) is 0 Å². The van der Waals surface area contributed by atoms with Crippen LogP contribution >= 0.6 is 11.3 Å². The summed E-state index contributed by atoms with van der Waals surface area (Å²) in [6.45, 7) is 0. The molecule has 18 heavy (non-hydrogen) atoms. The Hall–Kier alpha value is -2.21. The van der Waals surface area contributed by atoms with Gasteiger partial charge in [-0.3, -0.25) is 0 Å². The van der Waals surface area contributed by atoms with Gasteiger partial charge in [-0.25, -0.2) is 14.2 Å². The lowest BCUT2D eigenvalue weighted by molar-refractivity contribution is 0.0698. The van der Waals surface area contributed by atoms with Crippen molar-refractivity contribution < 1.29 is 14.3 Å². The van der Waals surface area contributed by atoms with Gasteiger partial charge in [0.15, 0.2) is 5.13 Å². The third-order valence-corrected chi connectivity index (χ3v) is 3.52. The Morgan fingerprint density at radius 1 is 1.33 bits per heavy atom. The Morgan fingerprint density at radius 2 is 2.06 bits per heavy atom. The maximum Gasteiger partial charge on any atom is 0.338 e. The molecule has 0 aliphatic rings. The molecule has 0 aliphatic carbocycles. The second kappa shape index (κ2) is 3.92. The van der Waals surface area contributed by atoms with Crippen LogP contribution in [0.3, 0.4) is 0 Å². The zero-order chi connectivity index (χ0) is 12.7. The number of benzene rings is 1. The van der Waals surface area contributed by atoms with Gasteiger partial charge in [0.25, 0.3) is 0 Å². The fraction of sp³-hybridized carbons (Fsp3) is 0. The summed E-state index contributed by atoms with van der Waals surface area (Å²) < 4.78 is 15.6. The van der Waals surface area contributed by atoms with Crippen molar-refractivity contribution >= 4 is 27.5 Å². The number of nitrogens with zero attached hydrogens (tertiary/aromatic N) is 2. The number of hydrogen-bond acceptors (Lipinski definition) is 3. The summed E-state index contributed by atoms with van der Waals surface area (Å²) in [7, 11) is 0. The second-order valence-electron chi connectivity index (χ2n) is 3.69. The first-order valence-corrected chi connectivity index (χ1v) is 5.93. The van der Waals surface area contributed by atoms with Crippen LogP contribution in [0.1, 0.15) is 10.4 Å². The number of hydrogen-bond donors (Lipinski definition) is 1. The zero-order valence-electron chi connectivity index (χ0n) is 9.00. The van der Waals surface area contributed by atoms with Crippen molar-refractivity contribution in [2.75, 3.05) is 0 Å². The Balaban J connectivity index is 2.29. The number of aromatic carboxylic acids is 1. The highest BCUT2D eigenvalue weighted by Crippen LogP contribution is 2.28. The number of carboxylic acids is 1. The number of carbonyl (C=O) groups is 1. The quantitative estimate of drug-likeness (QED) is 0.772. The Morgan fingerprint density at radius 3 is 2.72 bits per heavy atom. The minimum atomic E-state index is -1.18. The van der Waals surface area contributed by atoms with Crippen molar-refractivity contribution in [3.05, 3.63) is 48.0 Å². The van der Waals surface area contributed by atoms with Gasteiger partial charge in [-0.2, -0.15) is 0 Å². The smallest absolute Gasteiger partial charge is 0.338 e. The molecular weight excluding hydrogens is 255 g/mol. The standard InChI is InChI=1S/C12H7FN2O2S/c13-7-5-8(11(16)17)10-9(6-7)18-12(14-10)15-3-1-2-4-15/h1-6H,(H,16,17). The third kappa shape index (κ3) is 1.67. The first kappa shape index (κ1) is 10.9. The molecule has 0 radical (unpaired) electrons. The molecule has 6 heteroatoms. The van der Waals surface area contributed by atoms with Crippen molar-refractivity contribution in [2.24, 2.45) is 0 Å². The molecule has 2 heterocycles. The summed E-state index contributed by atoms with van der Waals surface area (Å²) in [6, 6.07) is 5.96. The molecule has 0 atom stereocenters. The zero-order valence-corrected chi connectivity index (χ0v) is 9.82. The monoisotopic (exact) mass is 262 g/mol. The average molecular weight is 262 g/mol. The fourth-order valence-electron chi connectivity index (χ4n) is 1.72. The van der Waals surface area contributed by atoms with E-state index in [1.807, 2.05) is 12.1 Å². The van der Waals surface area contributed by atoms with Crippen molar-refractivity contribution in [3.8, 4) is 5.13 Å². The molecule has 0 saturated heterocycles. The predicted molar refractivity (Wildman–Crippen MR) is 65.9 cm³/mol. The maximum absolute atomic E-state index is 13.3. The molecule has 2 aromatic heterocycles. The number of halogens is 1. The Kier molecular flexibility index (Phi) is 2.38. The van der Waals surface area contributed by atoms with E-state index in [9.17, 15) is 9.18 Å². The predicted octanol–water partition coefficient (Wildman–Crippen LogP) is 2.92. The van der Waals surface area contributed by atoms with Crippen molar-refractivity contribution in [3.63, 3.8) is 0 Å². The molecule has 3 rings (SSSR count). The summed E-state index contributed by atoms with van der Waals surface area (Å²) in [5.74, 6) is -1.74. The molecule has 1 aromatic carbocycles. The molecule has 0 unspecified atom stereocenters.